The van der Waals surface area contributed by atoms with E-state index in [4.69, 9.17) is 5.11 Å². The molecular formula is C23H36O5. The number of aliphatic hydroxyl groups excluding tert-OH is 2. The molecule has 0 amide bonds. The smallest absolute Gasteiger partial charge is 0.303 e. The van der Waals surface area contributed by atoms with Crippen molar-refractivity contribution in [1.82, 2.24) is 0 Å². The highest BCUT2D eigenvalue weighted by Crippen LogP contribution is 2.48. The van der Waals surface area contributed by atoms with Gasteiger partial charge in [0.05, 0.1) is 12.2 Å². The first-order valence-electron chi connectivity index (χ1n) is 10.8. The number of Topliss-reactive ketones (excluding diaryl/α,β-unsaturated/α-hetero) is 1. The number of allylic oxidation sites excluding steroid dienone is 2. The van der Waals surface area contributed by atoms with Gasteiger partial charge in [-0.05, 0) is 50.4 Å². The summed E-state index contributed by atoms with van der Waals surface area (Å²) in [6.07, 6.45) is 15.0. The molecule has 0 heterocycles. The lowest BCUT2D eigenvalue weighted by atomic mass is 9.62. The molecule has 4 atom stereocenters. The molecule has 2 saturated carbocycles. The van der Waals surface area contributed by atoms with Crippen molar-refractivity contribution in [3.63, 3.8) is 0 Å². The highest BCUT2D eigenvalue weighted by atomic mass is 16.4. The van der Waals surface area contributed by atoms with Gasteiger partial charge in [-0.15, -0.1) is 0 Å². The van der Waals surface area contributed by atoms with Crippen LogP contribution in [0, 0.1) is 17.3 Å². The van der Waals surface area contributed by atoms with Crippen molar-refractivity contribution in [2.24, 2.45) is 17.3 Å². The van der Waals surface area contributed by atoms with Crippen molar-refractivity contribution >= 4 is 11.8 Å². The summed E-state index contributed by atoms with van der Waals surface area (Å²) in [7, 11) is 0. The Labute approximate surface area is 168 Å². The summed E-state index contributed by atoms with van der Waals surface area (Å²) in [6, 6.07) is 0. The quantitative estimate of drug-likeness (QED) is 0.344. The number of unbranched alkanes of at least 4 members (excludes halogenated alkanes) is 1. The summed E-state index contributed by atoms with van der Waals surface area (Å²) in [6.45, 7) is 2.16. The maximum Gasteiger partial charge on any atom is 0.303 e. The summed E-state index contributed by atoms with van der Waals surface area (Å²) < 4.78 is 0. The maximum absolute atomic E-state index is 12.2. The Morgan fingerprint density at radius 1 is 1.29 bits per heavy atom. The van der Waals surface area contributed by atoms with Gasteiger partial charge in [0.25, 0.3) is 0 Å². The van der Waals surface area contributed by atoms with Crippen LogP contribution in [0.1, 0.15) is 77.6 Å². The van der Waals surface area contributed by atoms with E-state index in [0.717, 1.165) is 25.7 Å². The van der Waals surface area contributed by atoms with E-state index in [1.165, 1.54) is 6.42 Å². The van der Waals surface area contributed by atoms with E-state index < -0.39 is 12.1 Å². The number of aliphatic hydroxyl groups is 2. The van der Waals surface area contributed by atoms with Crippen LogP contribution in [-0.2, 0) is 9.59 Å². The molecule has 1 unspecified atom stereocenters. The van der Waals surface area contributed by atoms with Gasteiger partial charge in [0.2, 0.25) is 0 Å². The summed E-state index contributed by atoms with van der Waals surface area (Å²) in [5.41, 5.74) is 0.0707. The summed E-state index contributed by atoms with van der Waals surface area (Å²) >= 11 is 0. The first kappa shape index (κ1) is 22.8. The SMILES string of the molecule is CCCC1(C(O)C/C=C/[C@H]2[C@H](O)CC(=O)[C@@H]2C/C=C\CCCC(=O)O)CCC1. The van der Waals surface area contributed by atoms with Crippen LogP contribution < -0.4 is 0 Å². The summed E-state index contributed by atoms with van der Waals surface area (Å²) in [5.74, 6) is -1.14. The lowest BCUT2D eigenvalue weighted by Gasteiger charge is -2.45. The van der Waals surface area contributed by atoms with Crippen molar-refractivity contribution in [2.45, 2.75) is 89.8 Å². The molecule has 2 fully saturated rings. The first-order valence-corrected chi connectivity index (χ1v) is 10.8. The van der Waals surface area contributed by atoms with E-state index in [2.05, 4.69) is 6.92 Å². The largest absolute Gasteiger partial charge is 0.481 e. The zero-order valence-corrected chi connectivity index (χ0v) is 17.1. The minimum Gasteiger partial charge on any atom is -0.481 e. The lowest BCUT2D eigenvalue weighted by Crippen LogP contribution is -2.41. The van der Waals surface area contributed by atoms with Gasteiger partial charge < -0.3 is 15.3 Å². The average molecular weight is 393 g/mol. The molecule has 0 aliphatic heterocycles. The van der Waals surface area contributed by atoms with Crippen LogP contribution >= 0.6 is 0 Å². The number of ketones is 1. The molecule has 28 heavy (non-hydrogen) atoms. The average Bonchev–Trinajstić information content (AvgIpc) is 2.87. The second-order valence-electron chi connectivity index (χ2n) is 8.56. The molecule has 0 radical (unpaired) electrons. The third-order valence-electron chi connectivity index (χ3n) is 6.57. The predicted octanol–water partition coefficient (Wildman–Crippen LogP) is 4.03. The summed E-state index contributed by atoms with van der Waals surface area (Å²) in [4.78, 5) is 22.8. The van der Waals surface area contributed by atoms with Gasteiger partial charge in [-0.2, -0.15) is 0 Å². The fraction of sp³-hybridized carbons (Fsp3) is 0.739. The van der Waals surface area contributed by atoms with Crippen molar-refractivity contribution < 1.29 is 24.9 Å². The number of carboxylic acid groups (broad SMARTS) is 1. The highest BCUT2D eigenvalue weighted by molar-refractivity contribution is 5.84. The van der Waals surface area contributed by atoms with Crippen molar-refractivity contribution in [2.75, 3.05) is 0 Å². The number of hydrogen-bond acceptors (Lipinski definition) is 4. The van der Waals surface area contributed by atoms with Crippen LogP contribution in [0.5, 0.6) is 0 Å². The zero-order chi connectivity index (χ0) is 20.6. The molecule has 3 N–H and O–H groups in total. The Morgan fingerprint density at radius 2 is 2.04 bits per heavy atom. The lowest BCUT2D eigenvalue weighted by molar-refractivity contribution is -0.137. The minimum absolute atomic E-state index is 0.0707. The molecular weight excluding hydrogens is 356 g/mol. The van der Waals surface area contributed by atoms with Crippen molar-refractivity contribution in [1.29, 1.82) is 0 Å². The second-order valence-corrected chi connectivity index (χ2v) is 8.56. The van der Waals surface area contributed by atoms with Crippen LogP contribution in [0.25, 0.3) is 0 Å². The molecule has 158 valence electrons. The fourth-order valence-electron chi connectivity index (χ4n) is 4.75. The molecule has 0 bridgehead atoms. The number of rotatable bonds is 12. The molecule has 2 aliphatic rings. The van der Waals surface area contributed by atoms with Gasteiger partial charge in [-0.3, -0.25) is 9.59 Å². The van der Waals surface area contributed by atoms with E-state index in [9.17, 15) is 19.8 Å². The second kappa shape index (κ2) is 10.9. The molecule has 0 spiro atoms. The van der Waals surface area contributed by atoms with Crippen LogP contribution in [0.3, 0.4) is 0 Å². The summed E-state index contributed by atoms with van der Waals surface area (Å²) in [5, 5.41) is 29.6. The van der Waals surface area contributed by atoms with Crippen LogP contribution in [0.4, 0.5) is 0 Å². The van der Waals surface area contributed by atoms with Crippen molar-refractivity contribution in [3.05, 3.63) is 24.3 Å². The third kappa shape index (κ3) is 6.02. The maximum atomic E-state index is 12.2. The van der Waals surface area contributed by atoms with E-state index in [-0.39, 0.29) is 42.0 Å². The van der Waals surface area contributed by atoms with Crippen LogP contribution in [0.15, 0.2) is 24.3 Å². The number of aliphatic carboxylic acids is 1. The van der Waals surface area contributed by atoms with Gasteiger partial charge >= 0.3 is 5.97 Å². The normalized spacial score (nSPS) is 28.1. The molecule has 0 aromatic heterocycles. The van der Waals surface area contributed by atoms with Gasteiger partial charge in [0.1, 0.15) is 5.78 Å². The van der Waals surface area contributed by atoms with E-state index in [1.54, 1.807) is 0 Å². The Morgan fingerprint density at radius 3 is 2.64 bits per heavy atom. The molecule has 5 nitrogen and oxygen atoms in total. The topological polar surface area (TPSA) is 94.8 Å². The fourth-order valence-corrected chi connectivity index (χ4v) is 4.75. The Balaban J connectivity index is 1.85. The van der Waals surface area contributed by atoms with Crippen LogP contribution in [-0.4, -0.2) is 39.3 Å². The van der Waals surface area contributed by atoms with E-state index >= 15 is 0 Å². The molecule has 0 aromatic rings. The number of carbonyl (C=O) groups excluding carboxylic acids is 1. The minimum atomic E-state index is -0.794. The molecule has 0 aromatic carbocycles. The Bertz CT molecular complexity index is 576. The van der Waals surface area contributed by atoms with Gasteiger partial charge in [-0.1, -0.05) is 44.1 Å². The standard InChI is InChI=1S/C23H36O5/c1-2-13-23(14-8-15-23)21(26)11-7-10-18-17(19(24)16-20(18)25)9-5-3-4-6-12-22(27)28/h3,5,7,10,17-18,20-21,25-26H,2,4,6,8-9,11-16H2,1H3,(H,27,28)/b5-3-,10-7+/t17-,18-,20-,21?/m1/s1. The number of carbonyl (C=O) groups is 2. The van der Waals surface area contributed by atoms with Gasteiger partial charge in [0.15, 0.2) is 0 Å². The van der Waals surface area contributed by atoms with Crippen LogP contribution in [0.2, 0.25) is 0 Å². The van der Waals surface area contributed by atoms with Gasteiger partial charge in [0, 0.05) is 24.7 Å². The Kier molecular flexibility index (Phi) is 8.90. The number of carboxylic acids is 1. The molecule has 2 aliphatic carbocycles. The zero-order valence-electron chi connectivity index (χ0n) is 17.1. The van der Waals surface area contributed by atoms with Crippen molar-refractivity contribution in [3.8, 4) is 0 Å². The third-order valence-corrected chi connectivity index (χ3v) is 6.57. The Hall–Kier alpha value is -1.46. The first-order chi connectivity index (χ1) is 13.4. The van der Waals surface area contributed by atoms with Gasteiger partial charge in [-0.25, -0.2) is 0 Å². The predicted molar refractivity (Wildman–Crippen MR) is 109 cm³/mol. The van der Waals surface area contributed by atoms with E-state index in [0.29, 0.717) is 25.7 Å². The monoisotopic (exact) mass is 392 g/mol. The highest BCUT2D eigenvalue weighted by Gasteiger charge is 2.42. The number of hydrogen-bond donors (Lipinski definition) is 3. The molecule has 5 heteroatoms. The van der Waals surface area contributed by atoms with E-state index in [1.807, 2.05) is 24.3 Å². The molecule has 0 saturated heterocycles. The molecule has 2 rings (SSSR count).